The van der Waals surface area contributed by atoms with E-state index in [0.29, 0.717) is 11.4 Å². The summed E-state index contributed by atoms with van der Waals surface area (Å²) in [5.74, 6) is 0. The Morgan fingerprint density at radius 3 is 1.16 bits per heavy atom. The van der Waals surface area contributed by atoms with Crippen LogP contribution in [0.25, 0.3) is 22.3 Å². The molecule has 2 N–H and O–H groups in total. The van der Waals surface area contributed by atoms with Crippen LogP contribution < -0.4 is 20.7 Å². The minimum Gasteiger partial charge on any atom is -0.378 e. The molecule has 0 aromatic heterocycles. The fraction of sp³-hybridized carbons (Fsp3) is 0.0952. The minimum absolute atomic E-state index is 0.199. The topological polar surface area (TPSA) is 89.4 Å². The molecule has 6 aromatic carbocycles. The highest BCUT2D eigenvalue weighted by Gasteiger charge is 2.27. The summed E-state index contributed by atoms with van der Waals surface area (Å²) in [6.45, 7) is 0. The van der Waals surface area contributed by atoms with Gasteiger partial charge >= 0.3 is 0 Å². The van der Waals surface area contributed by atoms with E-state index >= 15 is 0 Å². The Kier molecular flexibility index (Phi) is 7.92. The Morgan fingerprint density at radius 1 is 0.431 bits per heavy atom. The van der Waals surface area contributed by atoms with Crippen molar-refractivity contribution in [1.82, 2.24) is 0 Å². The van der Waals surface area contributed by atoms with Gasteiger partial charge in [0.05, 0.1) is 32.6 Å². The quantitative estimate of drug-likeness (QED) is 0.156. The lowest BCUT2D eigenvalue weighted by Crippen LogP contribution is -2.10. The van der Waals surface area contributed by atoms with Gasteiger partial charge in [0.15, 0.2) is 0 Å². The first-order valence-corrected chi connectivity index (χ1v) is 18.1. The summed E-state index contributed by atoms with van der Waals surface area (Å²) >= 11 is 0. The third-order valence-electron chi connectivity index (χ3n) is 9.42. The average Bonchev–Trinajstić information content (AvgIpc) is 3.64. The second-order valence-electron chi connectivity index (χ2n) is 13.0. The first-order chi connectivity index (χ1) is 24.7. The summed E-state index contributed by atoms with van der Waals surface area (Å²) in [5.41, 5.74) is 20.3. The predicted molar refractivity (Wildman–Crippen MR) is 209 cm³/mol. The van der Waals surface area contributed by atoms with Gasteiger partial charge in [-0.2, -0.15) is 10.2 Å². The lowest BCUT2D eigenvalue weighted by Gasteiger charge is -2.14. The van der Waals surface area contributed by atoms with Crippen LogP contribution in [0, 0.1) is 0 Å². The lowest BCUT2D eigenvalue weighted by molar-refractivity contribution is 0.596. The first kappa shape index (κ1) is 32.0. The summed E-state index contributed by atoms with van der Waals surface area (Å²) in [6, 6.07) is 42.6. The van der Waals surface area contributed by atoms with Crippen LogP contribution in [0.1, 0.15) is 22.3 Å². The number of hydrogen-bond acceptors (Lipinski definition) is 8. The predicted octanol–water partition coefficient (Wildman–Crippen LogP) is 8.34. The highest BCUT2D eigenvalue weighted by molar-refractivity contribution is 7.91. The molecule has 0 heterocycles. The molecule has 0 unspecified atom stereocenters. The molecule has 0 amide bonds. The van der Waals surface area contributed by atoms with Gasteiger partial charge in [0.1, 0.15) is 0 Å². The first-order valence-electron chi connectivity index (χ1n) is 16.6. The number of hydrazone groups is 2. The smallest absolute Gasteiger partial charge is 0.206 e. The molecule has 0 bridgehead atoms. The van der Waals surface area contributed by atoms with Crippen LogP contribution in [0.2, 0.25) is 0 Å². The van der Waals surface area contributed by atoms with E-state index in [2.05, 4.69) is 81.3 Å². The van der Waals surface area contributed by atoms with Crippen LogP contribution >= 0.6 is 0 Å². The van der Waals surface area contributed by atoms with Crippen LogP contribution in [0.4, 0.5) is 22.7 Å². The van der Waals surface area contributed by atoms with Gasteiger partial charge < -0.3 is 9.80 Å². The molecule has 2 aliphatic carbocycles. The molecule has 0 radical (unpaired) electrons. The van der Waals surface area contributed by atoms with E-state index in [1.807, 2.05) is 52.5 Å². The molecule has 2 aliphatic rings. The van der Waals surface area contributed by atoms with Crippen molar-refractivity contribution in [3.63, 3.8) is 0 Å². The molecule has 0 spiro atoms. The number of sulfone groups is 1. The van der Waals surface area contributed by atoms with Gasteiger partial charge in [-0.15, -0.1) is 0 Å². The number of nitrogens with zero attached hydrogens (tertiary/aromatic N) is 4. The van der Waals surface area contributed by atoms with Gasteiger partial charge in [0.2, 0.25) is 9.84 Å². The van der Waals surface area contributed by atoms with Crippen LogP contribution in [-0.2, 0) is 9.84 Å². The van der Waals surface area contributed by atoms with E-state index < -0.39 is 9.84 Å². The third-order valence-corrected chi connectivity index (χ3v) is 11.2. The number of hydrogen-bond donors (Lipinski definition) is 2. The van der Waals surface area contributed by atoms with Crippen molar-refractivity contribution < 1.29 is 8.42 Å². The normalized spacial score (nSPS) is 14.1. The zero-order chi connectivity index (χ0) is 35.3. The Morgan fingerprint density at radius 2 is 0.784 bits per heavy atom. The molecule has 252 valence electrons. The summed E-state index contributed by atoms with van der Waals surface area (Å²) in [5, 5.41) is 9.60. The van der Waals surface area contributed by atoms with Crippen molar-refractivity contribution in [3.05, 3.63) is 156 Å². The van der Waals surface area contributed by atoms with Crippen molar-refractivity contribution in [2.75, 3.05) is 48.8 Å². The molecule has 8 nitrogen and oxygen atoms in total. The highest BCUT2D eigenvalue weighted by atomic mass is 32.2. The maximum atomic E-state index is 13.6. The van der Waals surface area contributed by atoms with Crippen molar-refractivity contribution in [1.29, 1.82) is 0 Å². The summed E-state index contributed by atoms with van der Waals surface area (Å²) in [7, 11) is 4.32. The van der Waals surface area contributed by atoms with Crippen LogP contribution in [0.15, 0.2) is 153 Å². The van der Waals surface area contributed by atoms with Gasteiger partial charge in [-0.1, -0.05) is 60.7 Å². The molecule has 8 rings (SSSR count). The minimum atomic E-state index is -3.76. The Bertz CT molecular complexity index is 2320. The molecule has 51 heavy (non-hydrogen) atoms. The molecule has 0 saturated carbocycles. The zero-order valence-electron chi connectivity index (χ0n) is 28.7. The Balaban J connectivity index is 1.00. The molecular weight excluding hydrogens is 653 g/mol. The third kappa shape index (κ3) is 5.71. The van der Waals surface area contributed by atoms with Crippen LogP contribution in [0.3, 0.4) is 0 Å². The fourth-order valence-electron chi connectivity index (χ4n) is 6.66. The SMILES string of the molecule is CN(C)c1ccc2c(c1)C(=NNc1ccc(S(=O)(=O)c3ccc(NN=C4c5ccccc5-c5ccc(N(C)C)cc54)cc3)cc1)c1ccccc1-2. The molecule has 0 fully saturated rings. The second-order valence-corrected chi connectivity index (χ2v) is 15.0. The highest BCUT2D eigenvalue weighted by Crippen LogP contribution is 2.40. The van der Waals surface area contributed by atoms with E-state index in [9.17, 15) is 8.42 Å². The maximum Gasteiger partial charge on any atom is 0.206 e. The Labute approximate surface area is 298 Å². The van der Waals surface area contributed by atoms with Gasteiger partial charge in [0, 0.05) is 61.8 Å². The number of benzene rings is 6. The average molecular weight is 689 g/mol. The fourth-order valence-corrected chi connectivity index (χ4v) is 7.92. The zero-order valence-corrected chi connectivity index (χ0v) is 29.5. The summed E-state index contributed by atoms with van der Waals surface area (Å²) in [4.78, 5) is 4.54. The number of rotatable bonds is 8. The summed E-state index contributed by atoms with van der Waals surface area (Å²) in [6.07, 6.45) is 0. The standard InChI is InChI=1S/C42H36N6O2S/c1-47(2)29-17-23-35-33-9-5-7-11-37(33)41(39(35)25-29)45-43-27-13-19-31(20-14-27)51(49,50)32-21-15-28(16-22-32)44-46-42-38-12-8-6-10-34(38)36-24-18-30(48(3)4)26-40(36)42/h5-26,43-44H,1-4H3. The van der Waals surface area contributed by atoms with Gasteiger partial charge in [0.25, 0.3) is 0 Å². The van der Waals surface area contributed by atoms with Gasteiger partial charge in [-0.25, -0.2) is 8.42 Å². The lowest BCUT2D eigenvalue weighted by atomic mass is 10.1. The van der Waals surface area contributed by atoms with Crippen molar-refractivity contribution in [2.45, 2.75) is 9.79 Å². The number of anilines is 4. The van der Waals surface area contributed by atoms with Gasteiger partial charge in [-0.3, -0.25) is 10.9 Å². The molecule has 6 aromatic rings. The largest absolute Gasteiger partial charge is 0.378 e. The van der Waals surface area contributed by atoms with Gasteiger partial charge in [-0.05, 0) is 95.1 Å². The Hall–Kier alpha value is -6.19. The summed E-state index contributed by atoms with van der Waals surface area (Å²) < 4.78 is 27.2. The van der Waals surface area contributed by atoms with Crippen LogP contribution in [-0.4, -0.2) is 48.0 Å². The van der Waals surface area contributed by atoms with Crippen molar-refractivity contribution in [2.24, 2.45) is 10.2 Å². The molecular formula is C42H36N6O2S. The number of fused-ring (bicyclic) bond motifs is 6. The van der Waals surface area contributed by atoms with E-state index in [0.717, 1.165) is 67.3 Å². The monoisotopic (exact) mass is 688 g/mol. The second kappa shape index (κ2) is 12.6. The van der Waals surface area contributed by atoms with E-state index in [-0.39, 0.29) is 9.79 Å². The molecule has 0 atom stereocenters. The van der Waals surface area contributed by atoms with E-state index in [1.165, 1.54) is 0 Å². The number of nitrogens with one attached hydrogen (secondary N) is 2. The molecule has 9 heteroatoms. The van der Waals surface area contributed by atoms with Crippen LogP contribution in [0.5, 0.6) is 0 Å². The maximum absolute atomic E-state index is 13.6. The van der Waals surface area contributed by atoms with E-state index in [1.54, 1.807) is 48.5 Å². The molecule has 0 saturated heterocycles. The molecule has 0 aliphatic heterocycles. The van der Waals surface area contributed by atoms with Crippen molar-refractivity contribution >= 4 is 44.0 Å². The van der Waals surface area contributed by atoms with Crippen molar-refractivity contribution in [3.8, 4) is 22.3 Å². The van der Waals surface area contributed by atoms with E-state index in [4.69, 9.17) is 10.2 Å².